The fraction of sp³-hybridized carbons (Fsp3) is 0.0556. The van der Waals surface area contributed by atoms with Crippen LogP contribution in [0.2, 0.25) is 5.02 Å². The Morgan fingerprint density at radius 1 is 1.16 bits per heavy atom. The minimum Gasteiger partial charge on any atom is -0.423 e. The van der Waals surface area contributed by atoms with Crippen molar-refractivity contribution in [3.05, 3.63) is 69.4 Å². The van der Waals surface area contributed by atoms with E-state index in [0.29, 0.717) is 21.8 Å². The molecule has 0 fully saturated rings. The molecule has 0 aliphatic rings. The van der Waals surface area contributed by atoms with E-state index in [1.165, 1.54) is 4.57 Å². The highest BCUT2D eigenvalue weighted by Gasteiger charge is 2.16. The first-order chi connectivity index (χ1) is 12.1. The van der Waals surface area contributed by atoms with Gasteiger partial charge in [0.25, 0.3) is 0 Å². The minimum absolute atomic E-state index is 0.216. The van der Waals surface area contributed by atoms with Crippen LogP contribution in [0.15, 0.2) is 59.5 Å². The number of halogens is 1. The summed E-state index contributed by atoms with van der Waals surface area (Å²) in [6.07, 6.45) is 1.64. The summed E-state index contributed by atoms with van der Waals surface area (Å²) in [5.74, 6) is -0.193. The number of thiazole rings is 1. The van der Waals surface area contributed by atoms with Crippen molar-refractivity contribution in [1.82, 2.24) is 9.55 Å². The zero-order valence-electron chi connectivity index (χ0n) is 12.8. The van der Waals surface area contributed by atoms with Crippen molar-refractivity contribution in [3.63, 3.8) is 0 Å². The number of esters is 1. The van der Waals surface area contributed by atoms with E-state index in [1.807, 2.05) is 18.2 Å². The van der Waals surface area contributed by atoms with Gasteiger partial charge in [-0.05, 0) is 24.3 Å². The number of nitrogens with zero attached hydrogens (tertiary/aromatic N) is 2. The van der Waals surface area contributed by atoms with Crippen molar-refractivity contribution in [2.75, 3.05) is 0 Å². The molecule has 0 saturated carbocycles. The number of fused-ring (bicyclic) bond motifs is 2. The summed E-state index contributed by atoms with van der Waals surface area (Å²) in [6, 6.07) is 14.3. The van der Waals surface area contributed by atoms with Gasteiger partial charge in [-0.25, -0.2) is 4.79 Å². The Labute approximate surface area is 151 Å². The molecular formula is C18H11ClN2O3S. The van der Waals surface area contributed by atoms with Gasteiger partial charge in [-0.2, -0.15) is 0 Å². The van der Waals surface area contributed by atoms with Gasteiger partial charge in [0.1, 0.15) is 12.1 Å². The summed E-state index contributed by atoms with van der Waals surface area (Å²) >= 11 is 7.23. The molecular weight excluding hydrogens is 360 g/mol. The highest BCUT2D eigenvalue weighted by Crippen LogP contribution is 2.26. The number of pyridine rings is 1. The molecule has 0 spiro atoms. The lowest BCUT2D eigenvalue weighted by Gasteiger charge is -2.08. The number of aromatic nitrogens is 2. The Hall–Kier alpha value is -2.70. The van der Waals surface area contributed by atoms with Gasteiger partial charge in [-0.15, -0.1) is 0 Å². The Morgan fingerprint density at radius 2 is 1.96 bits per heavy atom. The van der Waals surface area contributed by atoms with Crippen LogP contribution in [0.3, 0.4) is 0 Å². The van der Waals surface area contributed by atoms with E-state index in [-0.39, 0.29) is 11.4 Å². The molecule has 0 saturated heterocycles. The Kier molecular flexibility index (Phi) is 3.99. The zero-order valence-corrected chi connectivity index (χ0v) is 14.4. The van der Waals surface area contributed by atoms with Crippen LogP contribution in [0.5, 0.6) is 5.75 Å². The largest absolute Gasteiger partial charge is 0.423 e. The molecule has 4 aromatic rings. The van der Waals surface area contributed by atoms with Crippen LogP contribution in [0, 0.1) is 0 Å². The van der Waals surface area contributed by atoms with Crippen LogP contribution in [0.4, 0.5) is 0 Å². The topological polar surface area (TPSA) is 61.2 Å². The molecule has 2 heterocycles. The first-order valence-corrected chi connectivity index (χ1v) is 8.65. The van der Waals surface area contributed by atoms with Crippen molar-refractivity contribution in [1.29, 1.82) is 0 Å². The van der Waals surface area contributed by atoms with Crippen LogP contribution in [-0.2, 0) is 11.3 Å². The van der Waals surface area contributed by atoms with Crippen LogP contribution >= 0.6 is 22.9 Å². The second kappa shape index (κ2) is 6.31. The lowest BCUT2D eigenvalue weighted by Crippen LogP contribution is -2.23. The molecule has 5 nitrogen and oxygen atoms in total. The van der Waals surface area contributed by atoms with E-state index in [4.69, 9.17) is 16.3 Å². The highest BCUT2D eigenvalue weighted by atomic mass is 35.5. The van der Waals surface area contributed by atoms with Gasteiger partial charge in [-0.3, -0.25) is 14.3 Å². The number of ether oxygens (including phenoxy) is 1. The maximum atomic E-state index is 12.4. The quantitative estimate of drug-likeness (QED) is 0.405. The van der Waals surface area contributed by atoms with E-state index in [1.54, 1.807) is 36.5 Å². The monoisotopic (exact) mass is 370 g/mol. The predicted molar refractivity (Wildman–Crippen MR) is 98.5 cm³/mol. The van der Waals surface area contributed by atoms with E-state index in [9.17, 15) is 9.59 Å². The fourth-order valence-electron chi connectivity index (χ4n) is 2.67. The summed E-state index contributed by atoms with van der Waals surface area (Å²) in [4.78, 5) is 28.6. The van der Waals surface area contributed by atoms with Crippen molar-refractivity contribution in [2.45, 2.75) is 6.54 Å². The molecule has 0 unspecified atom stereocenters. The standard InChI is InChI=1S/C18H11ClN2O3S/c19-12-6-2-8-14-17(12)21(18(23)25-14)10-15(22)24-13-7-1-4-11-5-3-9-20-16(11)13/h1-9H,10H2. The van der Waals surface area contributed by atoms with Crippen molar-refractivity contribution in [3.8, 4) is 5.75 Å². The number of hydrogen-bond acceptors (Lipinski definition) is 5. The van der Waals surface area contributed by atoms with E-state index >= 15 is 0 Å². The van der Waals surface area contributed by atoms with Gasteiger partial charge in [0.2, 0.25) is 0 Å². The van der Waals surface area contributed by atoms with Gasteiger partial charge in [0.15, 0.2) is 5.75 Å². The molecule has 7 heteroatoms. The second-order valence-electron chi connectivity index (χ2n) is 5.35. The smallest absolute Gasteiger partial charge is 0.331 e. The Morgan fingerprint density at radius 3 is 2.84 bits per heavy atom. The van der Waals surface area contributed by atoms with Gasteiger partial charge in [-0.1, -0.05) is 47.2 Å². The maximum absolute atomic E-state index is 12.4. The molecule has 0 bridgehead atoms. The van der Waals surface area contributed by atoms with E-state index < -0.39 is 5.97 Å². The van der Waals surface area contributed by atoms with Crippen molar-refractivity contribution >= 4 is 50.0 Å². The van der Waals surface area contributed by atoms with Crippen molar-refractivity contribution < 1.29 is 9.53 Å². The molecule has 0 aliphatic carbocycles. The number of rotatable bonds is 3. The summed E-state index contributed by atoms with van der Waals surface area (Å²) in [6.45, 7) is -0.216. The summed E-state index contributed by atoms with van der Waals surface area (Å²) in [7, 11) is 0. The molecule has 0 aliphatic heterocycles. The number of carbonyl (C=O) groups is 1. The number of para-hydroxylation sites is 2. The maximum Gasteiger partial charge on any atom is 0.331 e. The Balaban J connectivity index is 1.67. The molecule has 0 radical (unpaired) electrons. The summed E-state index contributed by atoms with van der Waals surface area (Å²) in [5, 5.41) is 1.30. The number of carbonyl (C=O) groups excluding carboxylic acids is 1. The third-order valence-electron chi connectivity index (χ3n) is 3.74. The van der Waals surface area contributed by atoms with Crippen LogP contribution in [0.25, 0.3) is 21.1 Å². The average molecular weight is 371 g/mol. The predicted octanol–water partition coefficient (Wildman–Crippen LogP) is 3.87. The normalized spacial score (nSPS) is 11.1. The number of hydrogen-bond donors (Lipinski definition) is 0. The first kappa shape index (κ1) is 15.8. The molecule has 0 atom stereocenters. The van der Waals surface area contributed by atoms with Crippen LogP contribution in [-0.4, -0.2) is 15.5 Å². The third kappa shape index (κ3) is 2.90. The molecule has 4 rings (SSSR count). The molecule has 0 N–H and O–H groups in total. The second-order valence-corrected chi connectivity index (χ2v) is 6.75. The lowest BCUT2D eigenvalue weighted by molar-refractivity contribution is -0.134. The Bertz CT molecular complexity index is 1160. The lowest BCUT2D eigenvalue weighted by atomic mass is 10.2. The third-order valence-corrected chi connectivity index (χ3v) is 4.99. The molecule has 25 heavy (non-hydrogen) atoms. The van der Waals surface area contributed by atoms with Crippen molar-refractivity contribution in [2.24, 2.45) is 0 Å². The minimum atomic E-state index is -0.556. The number of benzene rings is 2. The van der Waals surface area contributed by atoms with Crippen LogP contribution in [0.1, 0.15) is 0 Å². The summed E-state index contributed by atoms with van der Waals surface area (Å²) < 4.78 is 7.52. The molecule has 2 aromatic heterocycles. The van der Waals surface area contributed by atoms with E-state index in [0.717, 1.165) is 21.4 Å². The van der Waals surface area contributed by atoms with E-state index in [2.05, 4.69) is 4.98 Å². The summed E-state index contributed by atoms with van der Waals surface area (Å²) in [5.41, 5.74) is 1.14. The average Bonchev–Trinajstić information content (AvgIpc) is 2.92. The van der Waals surface area contributed by atoms with Gasteiger partial charge in [0, 0.05) is 11.6 Å². The zero-order chi connectivity index (χ0) is 17.4. The van der Waals surface area contributed by atoms with Crippen LogP contribution < -0.4 is 9.61 Å². The molecule has 2 aromatic carbocycles. The molecule has 124 valence electrons. The fourth-order valence-corrected chi connectivity index (χ4v) is 3.92. The molecule has 0 amide bonds. The first-order valence-electron chi connectivity index (χ1n) is 7.46. The van der Waals surface area contributed by atoms with Gasteiger partial charge in [0.05, 0.1) is 15.2 Å². The van der Waals surface area contributed by atoms with Gasteiger partial charge >= 0.3 is 10.8 Å². The highest BCUT2D eigenvalue weighted by molar-refractivity contribution is 7.16. The SMILES string of the molecule is O=C(Cn1c(=O)sc2cccc(Cl)c21)Oc1cccc2cccnc12. The van der Waals surface area contributed by atoms with Gasteiger partial charge < -0.3 is 4.74 Å².